The third-order valence-electron chi connectivity index (χ3n) is 6.78. The SMILES string of the molecule is CC(C)N1Cc2c(n(CC(=O)Nc3ccc(F)cn3)c3cc(-c4ccc(C5CC5)cn4)nn3c2=O)C1=O. The molecule has 11 heteroatoms. The standard InChI is InChI=1S/C26H24FN7O3/c1-14(2)32-12-18-24(26(32)37)33(13-22(35)30-21-8-6-17(27)11-29-21)23-9-20(31-34(23)25(18)36)19-7-5-16(10-28-19)15-3-4-15/h5-11,14-15H,3-4,12-13H2,1-2H3,(H,29,30,35). The summed E-state index contributed by atoms with van der Waals surface area (Å²) in [5.41, 5.74) is 2.58. The molecule has 5 heterocycles. The molecule has 2 amide bonds. The summed E-state index contributed by atoms with van der Waals surface area (Å²) in [6.45, 7) is 3.59. The summed E-state index contributed by atoms with van der Waals surface area (Å²) < 4.78 is 16.0. The number of pyridine rings is 2. The molecule has 0 spiro atoms. The van der Waals surface area contributed by atoms with Crippen molar-refractivity contribution in [1.82, 2.24) is 29.0 Å². The number of aromatic nitrogens is 5. The number of nitrogens with one attached hydrogen (secondary N) is 1. The van der Waals surface area contributed by atoms with Crippen molar-refractivity contribution >= 4 is 23.3 Å². The molecule has 0 aromatic carbocycles. The summed E-state index contributed by atoms with van der Waals surface area (Å²) in [4.78, 5) is 49.8. The van der Waals surface area contributed by atoms with Gasteiger partial charge in [0, 0.05) is 18.3 Å². The molecular formula is C26H24FN7O3. The van der Waals surface area contributed by atoms with E-state index in [-0.39, 0.29) is 42.1 Å². The van der Waals surface area contributed by atoms with E-state index in [4.69, 9.17) is 0 Å². The number of amides is 2. The minimum absolute atomic E-state index is 0.130. The molecule has 10 nitrogen and oxygen atoms in total. The van der Waals surface area contributed by atoms with Crippen LogP contribution in [-0.2, 0) is 17.9 Å². The Kier molecular flexibility index (Phi) is 5.36. The largest absolute Gasteiger partial charge is 0.330 e. The molecule has 188 valence electrons. The van der Waals surface area contributed by atoms with Gasteiger partial charge in [-0.3, -0.25) is 19.4 Å². The second-order valence-electron chi connectivity index (χ2n) is 9.71. The zero-order chi connectivity index (χ0) is 25.8. The van der Waals surface area contributed by atoms with Crippen molar-refractivity contribution < 1.29 is 14.0 Å². The van der Waals surface area contributed by atoms with Crippen LogP contribution in [-0.4, -0.2) is 46.9 Å². The summed E-state index contributed by atoms with van der Waals surface area (Å²) in [5, 5.41) is 7.13. The van der Waals surface area contributed by atoms with Crippen molar-refractivity contribution in [2.45, 2.75) is 51.7 Å². The third kappa shape index (κ3) is 4.05. The molecule has 1 fully saturated rings. The molecule has 0 saturated heterocycles. The van der Waals surface area contributed by atoms with Gasteiger partial charge < -0.3 is 14.8 Å². The van der Waals surface area contributed by atoms with Crippen LogP contribution in [0.15, 0.2) is 47.5 Å². The second-order valence-corrected chi connectivity index (χ2v) is 9.71. The molecule has 1 N–H and O–H groups in total. The van der Waals surface area contributed by atoms with Crippen LogP contribution < -0.4 is 10.9 Å². The Morgan fingerprint density at radius 1 is 1.11 bits per heavy atom. The Hall–Kier alpha value is -4.41. The Morgan fingerprint density at radius 2 is 1.92 bits per heavy atom. The molecule has 0 atom stereocenters. The minimum Gasteiger partial charge on any atom is -0.330 e. The number of carbonyl (C=O) groups excluding carboxylic acids is 2. The number of hydrogen-bond acceptors (Lipinski definition) is 6. The summed E-state index contributed by atoms with van der Waals surface area (Å²) >= 11 is 0. The predicted octanol–water partition coefficient (Wildman–Crippen LogP) is 2.97. The Bertz CT molecular complexity index is 1600. The van der Waals surface area contributed by atoms with Crippen molar-refractivity contribution in [3.05, 3.63) is 75.7 Å². The van der Waals surface area contributed by atoms with E-state index in [1.807, 2.05) is 32.2 Å². The molecule has 0 radical (unpaired) electrons. The summed E-state index contributed by atoms with van der Waals surface area (Å²) in [6, 6.07) is 7.95. The molecule has 4 aromatic rings. The van der Waals surface area contributed by atoms with Crippen molar-refractivity contribution in [3.63, 3.8) is 0 Å². The van der Waals surface area contributed by atoms with Crippen molar-refractivity contribution in [3.8, 4) is 11.4 Å². The highest BCUT2D eigenvalue weighted by atomic mass is 19.1. The van der Waals surface area contributed by atoms with E-state index in [2.05, 4.69) is 20.4 Å². The van der Waals surface area contributed by atoms with Gasteiger partial charge in [0.05, 0.1) is 24.0 Å². The third-order valence-corrected chi connectivity index (χ3v) is 6.78. The van der Waals surface area contributed by atoms with E-state index in [9.17, 15) is 18.8 Å². The molecule has 37 heavy (non-hydrogen) atoms. The summed E-state index contributed by atoms with van der Waals surface area (Å²) in [7, 11) is 0. The number of nitrogens with zero attached hydrogens (tertiary/aromatic N) is 6. The molecule has 0 bridgehead atoms. The minimum atomic E-state index is -0.525. The van der Waals surface area contributed by atoms with Gasteiger partial charge in [0.15, 0.2) is 0 Å². The molecule has 1 saturated carbocycles. The maximum absolute atomic E-state index is 13.4. The summed E-state index contributed by atoms with van der Waals surface area (Å²) in [5.74, 6) is -0.610. The van der Waals surface area contributed by atoms with Gasteiger partial charge in [-0.15, -0.1) is 0 Å². The molecular weight excluding hydrogens is 477 g/mol. The average molecular weight is 502 g/mol. The maximum atomic E-state index is 13.4. The lowest BCUT2D eigenvalue weighted by molar-refractivity contribution is -0.116. The smallest absolute Gasteiger partial charge is 0.280 e. The predicted molar refractivity (Wildman–Crippen MR) is 132 cm³/mol. The van der Waals surface area contributed by atoms with Gasteiger partial charge in [-0.05, 0) is 56.4 Å². The van der Waals surface area contributed by atoms with Crippen LogP contribution in [0.1, 0.15) is 54.2 Å². The van der Waals surface area contributed by atoms with Crippen LogP contribution in [0, 0.1) is 5.82 Å². The molecule has 4 aromatic heterocycles. The van der Waals surface area contributed by atoms with Gasteiger partial charge in [0.2, 0.25) is 5.91 Å². The van der Waals surface area contributed by atoms with Gasteiger partial charge >= 0.3 is 0 Å². The fourth-order valence-corrected chi connectivity index (χ4v) is 4.68. The first-order valence-corrected chi connectivity index (χ1v) is 12.1. The first kappa shape index (κ1) is 23.0. The van der Waals surface area contributed by atoms with E-state index < -0.39 is 17.3 Å². The Balaban J connectivity index is 1.44. The monoisotopic (exact) mass is 501 g/mol. The van der Waals surface area contributed by atoms with E-state index in [0.717, 1.165) is 19.0 Å². The van der Waals surface area contributed by atoms with Crippen LogP contribution in [0.25, 0.3) is 17.0 Å². The number of fused-ring (bicyclic) bond motifs is 2. The van der Waals surface area contributed by atoms with Gasteiger partial charge in [0.25, 0.3) is 11.5 Å². The van der Waals surface area contributed by atoms with Crippen LogP contribution in [0.4, 0.5) is 10.2 Å². The molecule has 0 unspecified atom stereocenters. The highest BCUT2D eigenvalue weighted by molar-refractivity contribution is 5.98. The number of hydrogen-bond donors (Lipinski definition) is 1. The van der Waals surface area contributed by atoms with Crippen molar-refractivity contribution in [2.24, 2.45) is 0 Å². The lowest BCUT2D eigenvalue weighted by atomic mass is 10.1. The lowest BCUT2D eigenvalue weighted by Crippen LogP contribution is -2.32. The Labute approximate surface area is 210 Å². The Morgan fingerprint density at radius 3 is 2.57 bits per heavy atom. The van der Waals surface area contributed by atoms with Crippen LogP contribution in [0.3, 0.4) is 0 Å². The van der Waals surface area contributed by atoms with Gasteiger partial charge in [-0.25, -0.2) is 9.37 Å². The molecule has 1 aliphatic carbocycles. The molecule has 6 rings (SSSR count). The lowest BCUT2D eigenvalue weighted by Gasteiger charge is -2.20. The van der Waals surface area contributed by atoms with E-state index >= 15 is 0 Å². The normalized spacial score (nSPS) is 15.0. The van der Waals surface area contributed by atoms with Gasteiger partial charge in [-0.2, -0.15) is 9.61 Å². The number of halogens is 1. The van der Waals surface area contributed by atoms with Crippen molar-refractivity contribution in [1.29, 1.82) is 0 Å². The summed E-state index contributed by atoms with van der Waals surface area (Å²) in [6.07, 6.45) is 5.16. The van der Waals surface area contributed by atoms with E-state index in [0.29, 0.717) is 23.0 Å². The highest BCUT2D eigenvalue weighted by Crippen LogP contribution is 2.40. The van der Waals surface area contributed by atoms with Crippen molar-refractivity contribution in [2.75, 3.05) is 5.32 Å². The number of rotatable bonds is 6. The van der Waals surface area contributed by atoms with Gasteiger partial charge in [0.1, 0.15) is 35.2 Å². The van der Waals surface area contributed by atoms with Crippen LogP contribution in [0.5, 0.6) is 0 Å². The number of anilines is 1. The highest BCUT2D eigenvalue weighted by Gasteiger charge is 2.36. The quantitative estimate of drug-likeness (QED) is 0.435. The van der Waals surface area contributed by atoms with E-state index in [1.54, 1.807) is 11.0 Å². The average Bonchev–Trinajstić information content (AvgIpc) is 3.53. The first-order valence-electron chi connectivity index (χ1n) is 12.1. The zero-order valence-electron chi connectivity index (χ0n) is 20.3. The fraction of sp³-hybridized carbons (Fsp3) is 0.308. The second kappa shape index (κ2) is 8.61. The van der Waals surface area contributed by atoms with Crippen LogP contribution >= 0.6 is 0 Å². The first-order chi connectivity index (χ1) is 17.8. The molecule has 2 aliphatic rings. The zero-order valence-corrected chi connectivity index (χ0v) is 20.3. The topological polar surface area (TPSA) is 114 Å². The van der Waals surface area contributed by atoms with E-state index in [1.165, 1.54) is 26.8 Å². The fourth-order valence-electron chi connectivity index (χ4n) is 4.68. The molecule has 1 aliphatic heterocycles. The number of carbonyl (C=O) groups is 2. The van der Waals surface area contributed by atoms with Gasteiger partial charge in [-0.1, -0.05) is 6.07 Å². The van der Waals surface area contributed by atoms with Crippen LogP contribution in [0.2, 0.25) is 0 Å². The maximum Gasteiger partial charge on any atom is 0.280 e.